The minimum absolute atomic E-state index is 0.252. The van der Waals surface area contributed by atoms with E-state index in [0.29, 0.717) is 13.2 Å². The number of unbranched alkanes of at least 4 members (excludes halogenated alkanes) is 2. The third-order valence-electron chi connectivity index (χ3n) is 1.77. The summed E-state index contributed by atoms with van der Waals surface area (Å²) in [6.07, 6.45) is 3.53. The molecule has 0 N–H and O–H groups in total. The molecule has 0 saturated carbocycles. The fourth-order valence-electron chi connectivity index (χ4n) is 0.900. The maximum atomic E-state index is 11.0. The maximum absolute atomic E-state index is 11.0. The van der Waals surface area contributed by atoms with E-state index in [2.05, 4.69) is 22.5 Å². The largest absolute Gasteiger partial charge is 0.465 e. The fourth-order valence-corrected chi connectivity index (χ4v) is 1.03. The van der Waals surface area contributed by atoms with Crippen molar-refractivity contribution in [1.82, 2.24) is 0 Å². The van der Waals surface area contributed by atoms with E-state index in [-0.39, 0.29) is 10.8 Å². The third kappa shape index (κ3) is 8.47. The zero-order valence-corrected chi connectivity index (χ0v) is 11.0. The van der Waals surface area contributed by atoms with Gasteiger partial charge >= 0.3 is 11.9 Å². The lowest BCUT2D eigenvalue weighted by Crippen LogP contribution is -2.14. The topological polar surface area (TPSA) is 52.6 Å². The molecule has 0 radical (unpaired) electrons. The number of esters is 2. The van der Waals surface area contributed by atoms with Crippen LogP contribution in [-0.4, -0.2) is 30.0 Å². The number of alkyl halides is 1. The fraction of sp³-hybridized carbons (Fsp3) is 0.636. The van der Waals surface area contributed by atoms with Crippen molar-refractivity contribution in [2.75, 3.05) is 13.2 Å². The van der Waals surface area contributed by atoms with Crippen LogP contribution in [0, 0.1) is 0 Å². The molecule has 1 atom stereocenters. The molecule has 0 aromatic carbocycles. The normalized spacial score (nSPS) is 11.6. The van der Waals surface area contributed by atoms with Gasteiger partial charge in [-0.1, -0.05) is 22.5 Å². The second kappa shape index (κ2) is 9.39. The Hall–Kier alpha value is -0.840. The summed E-state index contributed by atoms with van der Waals surface area (Å²) < 4.78 is 9.73. The van der Waals surface area contributed by atoms with Crippen LogP contribution in [0.25, 0.3) is 0 Å². The lowest BCUT2D eigenvalue weighted by Gasteiger charge is -2.06. The van der Waals surface area contributed by atoms with Gasteiger partial charge in [0.1, 0.15) is 4.83 Å². The van der Waals surface area contributed by atoms with Crippen LogP contribution in [-0.2, 0) is 19.1 Å². The zero-order valence-electron chi connectivity index (χ0n) is 9.41. The highest BCUT2D eigenvalue weighted by Crippen LogP contribution is 2.02. The average molecular weight is 293 g/mol. The monoisotopic (exact) mass is 292 g/mol. The zero-order chi connectivity index (χ0) is 12.4. The van der Waals surface area contributed by atoms with Crippen molar-refractivity contribution in [3.63, 3.8) is 0 Å². The highest BCUT2D eigenvalue weighted by molar-refractivity contribution is 9.10. The molecule has 0 spiro atoms. The predicted molar refractivity (Wildman–Crippen MR) is 64.4 cm³/mol. The van der Waals surface area contributed by atoms with Crippen molar-refractivity contribution in [3.05, 3.63) is 12.7 Å². The van der Waals surface area contributed by atoms with E-state index in [9.17, 15) is 9.59 Å². The average Bonchev–Trinajstić information content (AvgIpc) is 2.26. The van der Waals surface area contributed by atoms with Crippen LogP contribution in [0.2, 0.25) is 0 Å². The van der Waals surface area contributed by atoms with Gasteiger partial charge in [0.2, 0.25) is 0 Å². The minimum Gasteiger partial charge on any atom is -0.465 e. The standard InChI is InChI=1S/C11H17BrO4/c1-3-10(13)15-7-5-4-6-8-16-11(14)9(2)12/h3,9H,1,4-8H2,2H3/t9-/m1/s1. The van der Waals surface area contributed by atoms with Gasteiger partial charge < -0.3 is 9.47 Å². The molecule has 0 aromatic heterocycles. The molecule has 0 aliphatic heterocycles. The molecule has 0 bridgehead atoms. The van der Waals surface area contributed by atoms with Gasteiger partial charge in [-0.15, -0.1) is 0 Å². The van der Waals surface area contributed by atoms with Gasteiger partial charge in [-0.3, -0.25) is 4.79 Å². The Kier molecular flexibility index (Phi) is 8.90. The molecule has 0 rings (SSSR count). The molecular formula is C11H17BrO4. The van der Waals surface area contributed by atoms with Crippen molar-refractivity contribution in [2.24, 2.45) is 0 Å². The van der Waals surface area contributed by atoms with Gasteiger partial charge in [-0.2, -0.15) is 0 Å². The summed E-state index contributed by atoms with van der Waals surface area (Å²) in [6, 6.07) is 0. The maximum Gasteiger partial charge on any atom is 0.330 e. The molecule has 0 amide bonds. The van der Waals surface area contributed by atoms with Crippen LogP contribution in [0.15, 0.2) is 12.7 Å². The summed E-state index contributed by atoms with van der Waals surface area (Å²) in [7, 11) is 0. The first-order valence-electron chi connectivity index (χ1n) is 5.18. The number of carbonyl (C=O) groups is 2. The first kappa shape index (κ1) is 15.2. The summed E-state index contributed by atoms with van der Waals surface area (Å²) in [6.45, 7) is 5.80. The molecule has 0 saturated heterocycles. The quantitative estimate of drug-likeness (QED) is 0.298. The Morgan fingerprint density at radius 2 is 1.81 bits per heavy atom. The van der Waals surface area contributed by atoms with Crippen LogP contribution in [0.4, 0.5) is 0 Å². The summed E-state index contributed by atoms with van der Waals surface area (Å²) in [4.78, 5) is 21.4. The summed E-state index contributed by atoms with van der Waals surface area (Å²) in [5.41, 5.74) is 0. The molecule has 92 valence electrons. The van der Waals surface area contributed by atoms with E-state index >= 15 is 0 Å². The summed E-state index contributed by atoms with van der Waals surface area (Å²) >= 11 is 3.12. The van der Waals surface area contributed by atoms with Gasteiger partial charge in [0, 0.05) is 6.08 Å². The number of hydrogen-bond acceptors (Lipinski definition) is 4. The number of halogens is 1. The van der Waals surface area contributed by atoms with Crippen LogP contribution in [0.3, 0.4) is 0 Å². The summed E-state index contributed by atoms with van der Waals surface area (Å²) in [5.74, 6) is -0.655. The first-order chi connectivity index (χ1) is 7.57. The smallest absolute Gasteiger partial charge is 0.330 e. The van der Waals surface area contributed by atoms with Crippen molar-refractivity contribution >= 4 is 27.9 Å². The van der Waals surface area contributed by atoms with E-state index < -0.39 is 5.97 Å². The highest BCUT2D eigenvalue weighted by atomic mass is 79.9. The number of rotatable bonds is 8. The van der Waals surface area contributed by atoms with E-state index in [1.807, 2.05) is 0 Å². The van der Waals surface area contributed by atoms with Gasteiger partial charge in [0.15, 0.2) is 0 Å². The molecule has 16 heavy (non-hydrogen) atoms. The van der Waals surface area contributed by atoms with E-state index in [1.54, 1.807) is 6.92 Å². The Labute approximate surface area is 104 Å². The Morgan fingerprint density at radius 1 is 1.25 bits per heavy atom. The summed E-state index contributed by atoms with van der Waals surface area (Å²) in [5, 5.41) is 0. The number of hydrogen-bond donors (Lipinski definition) is 0. The molecule has 0 aliphatic rings. The number of ether oxygens (including phenoxy) is 2. The Balaban J connectivity index is 3.25. The van der Waals surface area contributed by atoms with Crippen molar-refractivity contribution in [1.29, 1.82) is 0 Å². The van der Waals surface area contributed by atoms with Gasteiger partial charge in [-0.05, 0) is 26.2 Å². The molecule has 0 unspecified atom stereocenters. The Bertz CT molecular complexity index is 238. The van der Waals surface area contributed by atoms with Crippen LogP contribution < -0.4 is 0 Å². The molecule has 4 nitrogen and oxygen atoms in total. The first-order valence-corrected chi connectivity index (χ1v) is 6.09. The molecule has 0 fully saturated rings. The SMILES string of the molecule is C=CC(=O)OCCCCCOC(=O)[C@@H](C)Br. The van der Waals surface area contributed by atoms with E-state index in [4.69, 9.17) is 9.47 Å². The minimum atomic E-state index is -0.403. The number of carbonyl (C=O) groups excluding carboxylic acids is 2. The second-order valence-electron chi connectivity index (χ2n) is 3.22. The van der Waals surface area contributed by atoms with Crippen molar-refractivity contribution in [2.45, 2.75) is 31.0 Å². The highest BCUT2D eigenvalue weighted by Gasteiger charge is 2.08. The molecule has 0 aromatic rings. The van der Waals surface area contributed by atoms with Gasteiger partial charge in [0.25, 0.3) is 0 Å². The van der Waals surface area contributed by atoms with Crippen LogP contribution in [0.5, 0.6) is 0 Å². The predicted octanol–water partition coefficient (Wildman–Crippen LogP) is 2.21. The van der Waals surface area contributed by atoms with Crippen molar-refractivity contribution in [3.8, 4) is 0 Å². The van der Waals surface area contributed by atoms with E-state index in [1.165, 1.54) is 0 Å². The van der Waals surface area contributed by atoms with E-state index in [0.717, 1.165) is 25.3 Å². The van der Waals surface area contributed by atoms with Crippen LogP contribution >= 0.6 is 15.9 Å². The van der Waals surface area contributed by atoms with Gasteiger partial charge in [0.05, 0.1) is 13.2 Å². The third-order valence-corrected chi connectivity index (χ3v) is 2.14. The molecule has 5 heteroatoms. The van der Waals surface area contributed by atoms with Gasteiger partial charge in [-0.25, -0.2) is 4.79 Å². The van der Waals surface area contributed by atoms with Crippen LogP contribution in [0.1, 0.15) is 26.2 Å². The lowest BCUT2D eigenvalue weighted by atomic mass is 10.2. The Morgan fingerprint density at radius 3 is 2.31 bits per heavy atom. The molecular weight excluding hydrogens is 276 g/mol. The lowest BCUT2D eigenvalue weighted by molar-refractivity contribution is -0.142. The van der Waals surface area contributed by atoms with Crippen molar-refractivity contribution < 1.29 is 19.1 Å². The second-order valence-corrected chi connectivity index (χ2v) is 4.59. The molecule has 0 aliphatic carbocycles. The molecule has 0 heterocycles.